The van der Waals surface area contributed by atoms with Crippen LogP contribution < -0.4 is 9.47 Å². The zero-order valence-electron chi connectivity index (χ0n) is 13.0. The van der Waals surface area contributed by atoms with Gasteiger partial charge in [0.25, 0.3) is 0 Å². The summed E-state index contributed by atoms with van der Waals surface area (Å²) in [5.74, 6) is 2.14. The molecule has 1 aromatic carbocycles. The highest BCUT2D eigenvalue weighted by Crippen LogP contribution is 2.29. The van der Waals surface area contributed by atoms with Gasteiger partial charge in [-0.05, 0) is 18.2 Å². The Morgan fingerprint density at radius 3 is 2.05 bits per heavy atom. The first kappa shape index (κ1) is 15.5. The zero-order chi connectivity index (χ0) is 15.6. The molecule has 1 aromatic heterocycles. The van der Waals surface area contributed by atoms with Crippen molar-refractivity contribution in [2.75, 3.05) is 14.2 Å². The minimum atomic E-state index is -0.0335. The molecule has 0 radical (unpaired) electrons. The average Bonchev–Trinajstić information content (AvgIpc) is 2.45. The highest BCUT2D eigenvalue weighted by Gasteiger charge is 2.16. The monoisotopic (exact) mass is 304 g/mol. The largest absolute Gasteiger partial charge is 0.497 e. The fraction of sp³-hybridized carbons (Fsp3) is 0.375. The van der Waals surface area contributed by atoms with E-state index in [4.69, 9.17) is 21.7 Å². The molecule has 0 fully saturated rings. The minimum Gasteiger partial charge on any atom is -0.497 e. The molecule has 4 nitrogen and oxygen atoms in total. The van der Waals surface area contributed by atoms with Gasteiger partial charge in [-0.1, -0.05) is 33.0 Å². The predicted octanol–water partition coefficient (Wildman–Crippen LogP) is 4.12. The lowest BCUT2D eigenvalue weighted by Gasteiger charge is -2.19. The first-order valence-corrected chi connectivity index (χ1v) is 7.09. The molecule has 1 N–H and O–H groups in total. The average molecular weight is 304 g/mol. The van der Waals surface area contributed by atoms with E-state index in [-0.39, 0.29) is 5.41 Å². The molecule has 0 saturated carbocycles. The van der Waals surface area contributed by atoms with Crippen molar-refractivity contribution >= 4 is 12.2 Å². The molecule has 0 spiro atoms. The number of hydrogen-bond donors (Lipinski definition) is 1. The van der Waals surface area contributed by atoms with Crippen molar-refractivity contribution in [3.63, 3.8) is 0 Å². The number of methoxy groups -OCH3 is 2. The van der Waals surface area contributed by atoms with E-state index < -0.39 is 0 Å². The molecular formula is C16H20N2O2S. The smallest absolute Gasteiger partial charge is 0.139 e. The summed E-state index contributed by atoms with van der Waals surface area (Å²) in [6.45, 7) is 6.39. The second-order valence-electron chi connectivity index (χ2n) is 5.83. The number of aromatic amines is 1. The molecule has 1 heterocycles. The number of nitrogens with one attached hydrogen (secondary N) is 1. The van der Waals surface area contributed by atoms with Crippen molar-refractivity contribution in [1.82, 2.24) is 9.97 Å². The fourth-order valence-corrected chi connectivity index (χ4v) is 2.15. The number of benzene rings is 1. The topological polar surface area (TPSA) is 47.1 Å². The first-order chi connectivity index (χ1) is 9.83. The summed E-state index contributed by atoms with van der Waals surface area (Å²) >= 11 is 5.28. The number of H-pyrrole nitrogens is 1. The van der Waals surface area contributed by atoms with Gasteiger partial charge in [-0.2, -0.15) is 0 Å². The quantitative estimate of drug-likeness (QED) is 0.866. The number of ether oxygens (including phenoxy) is 2. The standard InChI is InChI=1S/C16H20N2O2S/c1-16(2,3)13-9-14(21)18-15(17-13)10-6-11(19-4)8-12(7-10)20-5/h6-9H,1-5H3,(H,17,18,21). The van der Waals surface area contributed by atoms with Crippen LogP contribution in [0.5, 0.6) is 11.5 Å². The van der Waals surface area contributed by atoms with Crippen LogP contribution in [-0.2, 0) is 5.41 Å². The van der Waals surface area contributed by atoms with Crippen LogP contribution in [0.1, 0.15) is 26.5 Å². The van der Waals surface area contributed by atoms with Crippen LogP contribution in [0.25, 0.3) is 11.4 Å². The van der Waals surface area contributed by atoms with Gasteiger partial charge in [0.2, 0.25) is 0 Å². The summed E-state index contributed by atoms with van der Waals surface area (Å²) in [7, 11) is 3.25. The third-order valence-electron chi connectivity index (χ3n) is 3.18. The predicted molar refractivity (Wildman–Crippen MR) is 86.7 cm³/mol. The molecule has 5 heteroatoms. The summed E-state index contributed by atoms with van der Waals surface area (Å²) in [4.78, 5) is 7.77. The summed E-state index contributed by atoms with van der Waals surface area (Å²) in [6.07, 6.45) is 0. The van der Waals surface area contributed by atoms with E-state index in [1.54, 1.807) is 14.2 Å². The van der Waals surface area contributed by atoms with Gasteiger partial charge in [0.1, 0.15) is 22.0 Å². The molecule has 0 unspecified atom stereocenters. The third kappa shape index (κ3) is 3.61. The summed E-state index contributed by atoms with van der Waals surface area (Å²) in [6, 6.07) is 7.53. The Hall–Kier alpha value is -1.88. The van der Waals surface area contributed by atoms with E-state index in [0.717, 1.165) is 11.3 Å². The normalized spacial score (nSPS) is 11.3. The molecule has 21 heavy (non-hydrogen) atoms. The summed E-state index contributed by atoms with van der Waals surface area (Å²) in [5, 5.41) is 0. The number of nitrogens with zero attached hydrogens (tertiary/aromatic N) is 1. The lowest BCUT2D eigenvalue weighted by Crippen LogP contribution is -2.14. The molecule has 2 aromatic rings. The van der Waals surface area contributed by atoms with Crippen LogP contribution in [0.2, 0.25) is 0 Å². The van der Waals surface area contributed by atoms with E-state index in [2.05, 4.69) is 30.7 Å². The Morgan fingerprint density at radius 2 is 1.57 bits per heavy atom. The Bertz CT molecular complexity index is 680. The van der Waals surface area contributed by atoms with E-state index in [1.165, 1.54) is 0 Å². The Balaban J connectivity index is 2.61. The molecule has 0 amide bonds. The molecular weight excluding hydrogens is 284 g/mol. The molecule has 2 rings (SSSR count). The van der Waals surface area contributed by atoms with Crippen LogP contribution >= 0.6 is 12.2 Å². The SMILES string of the molecule is COc1cc(OC)cc(-c2nc(=S)cc(C(C)(C)C)[nH]2)c1. The summed E-state index contributed by atoms with van der Waals surface area (Å²) < 4.78 is 11.2. The lowest BCUT2D eigenvalue weighted by atomic mass is 9.92. The van der Waals surface area contributed by atoms with Crippen LogP contribution in [0.4, 0.5) is 0 Å². The van der Waals surface area contributed by atoms with Gasteiger partial charge >= 0.3 is 0 Å². The highest BCUT2D eigenvalue weighted by atomic mass is 32.1. The van der Waals surface area contributed by atoms with Crippen molar-refractivity contribution in [1.29, 1.82) is 0 Å². The van der Waals surface area contributed by atoms with Crippen LogP contribution in [-0.4, -0.2) is 24.2 Å². The number of hydrogen-bond acceptors (Lipinski definition) is 4. The summed E-state index contributed by atoms with van der Waals surface area (Å²) in [5.41, 5.74) is 1.89. The maximum absolute atomic E-state index is 5.30. The number of aromatic nitrogens is 2. The fourth-order valence-electron chi connectivity index (χ4n) is 1.94. The van der Waals surface area contributed by atoms with Gasteiger partial charge in [-0.25, -0.2) is 4.98 Å². The Kier molecular flexibility index (Phi) is 4.32. The van der Waals surface area contributed by atoms with E-state index >= 15 is 0 Å². The van der Waals surface area contributed by atoms with Gasteiger partial charge in [-0.15, -0.1) is 0 Å². The van der Waals surface area contributed by atoms with E-state index in [9.17, 15) is 0 Å². The van der Waals surface area contributed by atoms with Crippen molar-refractivity contribution < 1.29 is 9.47 Å². The first-order valence-electron chi connectivity index (χ1n) is 6.69. The van der Waals surface area contributed by atoms with Crippen molar-refractivity contribution in [3.8, 4) is 22.9 Å². The second kappa shape index (κ2) is 5.85. The van der Waals surface area contributed by atoms with Gasteiger partial charge in [0, 0.05) is 22.7 Å². The lowest BCUT2D eigenvalue weighted by molar-refractivity contribution is 0.394. The maximum Gasteiger partial charge on any atom is 0.139 e. The third-order valence-corrected chi connectivity index (χ3v) is 3.38. The van der Waals surface area contributed by atoms with E-state index in [1.807, 2.05) is 24.3 Å². The Labute approximate surface area is 130 Å². The van der Waals surface area contributed by atoms with E-state index in [0.29, 0.717) is 22.0 Å². The van der Waals surface area contributed by atoms with Crippen molar-refractivity contribution in [2.24, 2.45) is 0 Å². The molecule has 0 atom stereocenters. The van der Waals surface area contributed by atoms with Crippen LogP contribution in [0.15, 0.2) is 24.3 Å². The highest BCUT2D eigenvalue weighted by molar-refractivity contribution is 7.71. The molecule has 0 aliphatic rings. The Morgan fingerprint density at radius 1 is 1.00 bits per heavy atom. The van der Waals surface area contributed by atoms with Gasteiger partial charge in [0.05, 0.1) is 14.2 Å². The van der Waals surface area contributed by atoms with Crippen LogP contribution in [0, 0.1) is 4.64 Å². The van der Waals surface area contributed by atoms with Crippen molar-refractivity contribution in [3.05, 3.63) is 34.6 Å². The number of rotatable bonds is 3. The maximum atomic E-state index is 5.30. The zero-order valence-corrected chi connectivity index (χ0v) is 13.8. The molecule has 0 aliphatic heterocycles. The molecule has 0 aliphatic carbocycles. The van der Waals surface area contributed by atoms with Gasteiger partial charge in [0.15, 0.2) is 0 Å². The molecule has 112 valence electrons. The minimum absolute atomic E-state index is 0.0335. The van der Waals surface area contributed by atoms with Crippen molar-refractivity contribution in [2.45, 2.75) is 26.2 Å². The molecule has 0 saturated heterocycles. The second-order valence-corrected chi connectivity index (χ2v) is 6.25. The van der Waals surface area contributed by atoms with Gasteiger partial charge in [-0.3, -0.25) is 0 Å². The van der Waals surface area contributed by atoms with Crippen LogP contribution in [0.3, 0.4) is 0 Å². The van der Waals surface area contributed by atoms with Gasteiger partial charge < -0.3 is 14.5 Å². The molecule has 0 bridgehead atoms.